The molecule has 6 rings (SSSR count). The average molecular weight is 504 g/mol. The number of aromatic nitrogens is 4. The van der Waals surface area contributed by atoms with Crippen LogP contribution in [0.15, 0.2) is 42.6 Å². The van der Waals surface area contributed by atoms with Crippen molar-refractivity contribution in [3.05, 3.63) is 65.4 Å². The Morgan fingerprint density at radius 3 is 2.47 bits per heavy atom. The summed E-state index contributed by atoms with van der Waals surface area (Å²) in [6.45, 7) is 4.83. The number of pyridine rings is 1. The maximum absolute atomic E-state index is 12.8. The summed E-state index contributed by atoms with van der Waals surface area (Å²) in [6.07, 6.45) is 7.97. The third kappa shape index (κ3) is 4.24. The number of nitrogens with zero attached hydrogens (tertiary/aromatic N) is 5. The summed E-state index contributed by atoms with van der Waals surface area (Å²) < 4.78 is 2.10. The van der Waals surface area contributed by atoms with Gasteiger partial charge in [-0.25, -0.2) is 0 Å². The number of amides is 1. The molecule has 0 spiro atoms. The third-order valence-corrected chi connectivity index (χ3v) is 9.38. The molecule has 2 aromatic heterocycles. The van der Waals surface area contributed by atoms with Gasteiger partial charge in [0.1, 0.15) is 11.6 Å². The molecule has 2 aliphatic heterocycles. The van der Waals surface area contributed by atoms with Crippen LogP contribution in [-0.4, -0.2) is 65.9 Å². The topological polar surface area (TPSA) is 84.1 Å². The number of rotatable bonds is 5. The minimum Gasteiger partial charge on any atom is -0.395 e. The van der Waals surface area contributed by atoms with Crippen LogP contribution in [0.5, 0.6) is 0 Å². The van der Waals surface area contributed by atoms with Gasteiger partial charge in [-0.1, -0.05) is 24.3 Å². The molecule has 3 aromatic rings. The number of benzene rings is 1. The molecule has 0 bridgehead atoms. The van der Waals surface area contributed by atoms with Crippen LogP contribution in [0.2, 0.25) is 0 Å². The number of aliphatic hydroxyl groups excluding tert-OH is 1. The highest BCUT2D eigenvalue weighted by Crippen LogP contribution is 2.53. The van der Waals surface area contributed by atoms with E-state index < -0.39 is 0 Å². The van der Waals surface area contributed by atoms with Crippen molar-refractivity contribution in [1.29, 1.82) is 0 Å². The van der Waals surface area contributed by atoms with E-state index in [2.05, 4.69) is 50.9 Å². The van der Waals surface area contributed by atoms with Gasteiger partial charge in [-0.15, -0.1) is 10.2 Å². The quantitative estimate of drug-likeness (QED) is 0.565. The van der Waals surface area contributed by atoms with Gasteiger partial charge >= 0.3 is 0 Å². The lowest BCUT2D eigenvalue weighted by atomic mass is 9.93. The third-order valence-electron chi connectivity index (χ3n) is 8.02. The summed E-state index contributed by atoms with van der Waals surface area (Å²) in [5.74, 6) is 3.08. The van der Waals surface area contributed by atoms with E-state index in [0.29, 0.717) is 5.56 Å². The van der Waals surface area contributed by atoms with E-state index in [1.54, 1.807) is 6.20 Å². The Balaban J connectivity index is 1.21. The maximum Gasteiger partial charge on any atom is 0.255 e. The van der Waals surface area contributed by atoms with Crippen molar-refractivity contribution in [2.75, 3.05) is 25.4 Å². The van der Waals surface area contributed by atoms with Crippen LogP contribution in [0.25, 0.3) is 11.3 Å². The fourth-order valence-corrected chi connectivity index (χ4v) is 6.71. The minimum atomic E-state index is -0.197. The van der Waals surface area contributed by atoms with E-state index >= 15 is 0 Å². The van der Waals surface area contributed by atoms with Gasteiger partial charge < -0.3 is 14.6 Å². The molecule has 8 heteroatoms. The van der Waals surface area contributed by atoms with Crippen LogP contribution in [0, 0.1) is 0 Å². The van der Waals surface area contributed by atoms with Crippen LogP contribution in [-0.2, 0) is 18.4 Å². The molecule has 7 nitrogen and oxygen atoms in total. The molecule has 2 fully saturated rings. The summed E-state index contributed by atoms with van der Waals surface area (Å²) >= 11 is 1.82. The maximum atomic E-state index is 12.8. The van der Waals surface area contributed by atoms with Crippen LogP contribution in [0.3, 0.4) is 0 Å². The average Bonchev–Trinajstić information content (AvgIpc) is 3.68. The van der Waals surface area contributed by atoms with Gasteiger partial charge in [0.25, 0.3) is 5.91 Å². The number of thioether (sulfide) groups is 1. The van der Waals surface area contributed by atoms with E-state index in [0.717, 1.165) is 80.4 Å². The van der Waals surface area contributed by atoms with Crippen molar-refractivity contribution >= 4 is 17.7 Å². The zero-order valence-corrected chi connectivity index (χ0v) is 21.6. The Morgan fingerprint density at radius 2 is 1.81 bits per heavy atom. The van der Waals surface area contributed by atoms with Gasteiger partial charge in [-0.3, -0.25) is 9.78 Å². The first-order valence-corrected chi connectivity index (χ1v) is 14.0. The van der Waals surface area contributed by atoms with Crippen molar-refractivity contribution in [2.45, 2.75) is 62.2 Å². The molecule has 1 unspecified atom stereocenters. The number of hydrogen-bond donors (Lipinski definition) is 1. The predicted octanol–water partition coefficient (Wildman–Crippen LogP) is 4.09. The first-order valence-electron chi connectivity index (χ1n) is 13.1. The number of carbonyl (C=O) groups is 1. The van der Waals surface area contributed by atoms with E-state index in [9.17, 15) is 9.90 Å². The fraction of sp³-hybridized carbons (Fsp3) is 0.500. The fourth-order valence-electron chi connectivity index (χ4n) is 5.62. The second-order valence-electron chi connectivity index (χ2n) is 10.7. The first kappa shape index (κ1) is 23.7. The summed E-state index contributed by atoms with van der Waals surface area (Å²) in [4.78, 5) is 19.3. The van der Waals surface area contributed by atoms with E-state index in [1.165, 1.54) is 12.0 Å². The second kappa shape index (κ2) is 9.30. The van der Waals surface area contributed by atoms with Gasteiger partial charge in [0.15, 0.2) is 0 Å². The van der Waals surface area contributed by atoms with Crippen LogP contribution < -0.4 is 0 Å². The van der Waals surface area contributed by atoms with Gasteiger partial charge in [-0.05, 0) is 56.7 Å². The highest BCUT2D eigenvalue weighted by molar-refractivity contribution is 8.00. The van der Waals surface area contributed by atoms with Crippen molar-refractivity contribution in [3.63, 3.8) is 0 Å². The van der Waals surface area contributed by atoms with E-state index in [-0.39, 0.29) is 22.7 Å². The number of aliphatic hydroxyl groups is 1. The van der Waals surface area contributed by atoms with Gasteiger partial charge in [0.05, 0.1) is 23.3 Å². The lowest BCUT2D eigenvalue weighted by Crippen LogP contribution is -2.35. The van der Waals surface area contributed by atoms with Gasteiger partial charge in [-0.2, -0.15) is 11.8 Å². The Morgan fingerprint density at radius 1 is 1.03 bits per heavy atom. The molecule has 4 heterocycles. The molecule has 1 atom stereocenters. The Bertz CT molecular complexity index is 1250. The molecule has 1 amide bonds. The van der Waals surface area contributed by atoms with E-state index in [1.807, 2.05) is 28.8 Å². The number of likely N-dealkylation sites (tertiary alicyclic amines) is 1. The van der Waals surface area contributed by atoms with Crippen molar-refractivity contribution < 1.29 is 9.90 Å². The molecule has 0 radical (unpaired) electrons. The summed E-state index contributed by atoms with van der Waals surface area (Å²) in [6, 6.07) is 12.5. The molecule has 1 aliphatic carbocycles. The molecule has 1 saturated carbocycles. The summed E-state index contributed by atoms with van der Waals surface area (Å²) in [5, 5.41) is 19.1. The van der Waals surface area contributed by atoms with Crippen LogP contribution in [0.4, 0.5) is 0 Å². The van der Waals surface area contributed by atoms with E-state index in [4.69, 9.17) is 0 Å². The molecule has 36 heavy (non-hydrogen) atoms. The molecule has 188 valence electrons. The highest BCUT2D eigenvalue weighted by atomic mass is 32.2. The highest BCUT2D eigenvalue weighted by Gasteiger charge is 2.50. The summed E-state index contributed by atoms with van der Waals surface area (Å²) in [5.41, 5.74) is 3.77. The van der Waals surface area contributed by atoms with Gasteiger partial charge in [0.2, 0.25) is 0 Å². The number of piperidine rings is 1. The number of fused-ring (bicyclic) bond motifs is 1. The Kier molecular flexibility index (Phi) is 6.12. The largest absolute Gasteiger partial charge is 0.395 e. The monoisotopic (exact) mass is 503 g/mol. The zero-order valence-electron chi connectivity index (χ0n) is 20.8. The van der Waals surface area contributed by atoms with Crippen molar-refractivity contribution in [2.24, 2.45) is 0 Å². The molecular weight excluding hydrogens is 470 g/mol. The standard InChI is InChI=1S/C28H33N5O2S/c1-27(19-34)17-24-30-31-26(33(24)15-16-36-27)28(11-12-28)22-8-5-20(6-9-22)23-10-7-21(18-29-23)25(35)32-13-3-2-4-14-32/h5-10,18,34H,2-4,11-17,19H2,1H3. The van der Waals surface area contributed by atoms with Crippen LogP contribution in [0.1, 0.15) is 66.6 Å². The number of hydrogen-bond acceptors (Lipinski definition) is 6. The Labute approximate surface area is 216 Å². The number of carbonyl (C=O) groups excluding carboxylic acids is 1. The zero-order chi connectivity index (χ0) is 24.8. The predicted molar refractivity (Wildman–Crippen MR) is 141 cm³/mol. The molecule has 1 aromatic carbocycles. The first-order chi connectivity index (χ1) is 17.5. The molecule has 3 aliphatic rings. The molecule has 1 N–H and O–H groups in total. The second-order valence-corrected chi connectivity index (χ2v) is 12.4. The van der Waals surface area contributed by atoms with Crippen LogP contribution >= 0.6 is 11.8 Å². The summed E-state index contributed by atoms with van der Waals surface area (Å²) in [7, 11) is 0. The van der Waals surface area contributed by atoms with Crippen molar-refractivity contribution in [1.82, 2.24) is 24.6 Å². The lowest BCUT2D eigenvalue weighted by molar-refractivity contribution is 0.0724. The minimum absolute atomic E-state index is 0.0768. The normalized spacial score (nSPS) is 23.1. The molecule has 1 saturated heterocycles. The molecular formula is C28H33N5O2S. The van der Waals surface area contributed by atoms with Gasteiger partial charge in [0, 0.05) is 48.3 Å². The van der Waals surface area contributed by atoms with Crippen molar-refractivity contribution in [3.8, 4) is 11.3 Å². The smallest absolute Gasteiger partial charge is 0.255 e. The lowest BCUT2D eigenvalue weighted by Gasteiger charge is -2.26. The Hall–Kier alpha value is -2.71. The SMILES string of the molecule is CC1(CO)Cc2nnc(C3(c4ccc(-c5ccc(C(=O)N6CCCCC6)cn5)cc4)CC3)n2CCS1.